The van der Waals surface area contributed by atoms with Crippen molar-refractivity contribution in [3.63, 3.8) is 0 Å². The Morgan fingerprint density at radius 3 is 2.56 bits per heavy atom. The Kier molecular flexibility index (Phi) is 6.16. The Bertz CT molecular complexity index is 365. The van der Waals surface area contributed by atoms with E-state index in [0.717, 1.165) is 25.9 Å². The lowest BCUT2D eigenvalue weighted by molar-refractivity contribution is -0.127. The summed E-state index contributed by atoms with van der Waals surface area (Å²) in [4.78, 5) is 11.8. The summed E-state index contributed by atoms with van der Waals surface area (Å²) in [6.07, 6.45) is 1.89. The summed E-state index contributed by atoms with van der Waals surface area (Å²) >= 11 is 0. The Balaban J connectivity index is 0.00000162. The van der Waals surface area contributed by atoms with E-state index in [1.165, 1.54) is 5.56 Å². The highest BCUT2D eigenvalue weighted by atomic mass is 35.5. The molecule has 0 spiro atoms. The molecule has 3 nitrogen and oxygen atoms in total. The molecule has 1 amide bonds. The van der Waals surface area contributed by atoms with Gasteiger partial charge in [0.1, 0.15) is 0 Å². The molecule has 100 valence electrons. The second kappa shape index (κ2) is 7.39. The summed E-state index contributed by atoms with van der Waals surface area (Å²) in [7, 11) is 0. The zero-order valence-electron chi connectivity index (χ0n) is 10.7. The molecule has 1 saturated heterocycles. The molecule has 18 heavy (non-hydrogen) atoms. The molecule has 1 heterocycles. The van der Waals surface area contributed by atoms with Gasteiger partial charge in [-0.1, -0.05) is 37.3 Å². The van der Waals surface area contributed by atoms with Crippen molar-refractivity contribution >= 4 is 18.3 Å². The number of hydrogen-bond donors (Lipinski definition) is 2. The third-order valence-electron chi connectivity index (χ3n) is 3.32. The predicted molar refractivity (Wildman–Crippen MR) is 76.0 cm³/mol. The molecule has 0 bridgehead atoms. The van der Waals surface area contributed by atoms with Crippen LogP contribution in [0.3, 0.4) is 0 Å². The molecule has 1 unspecified atom stereocenters. The van der Waals surface area contributed by atoms with Crippen LogP contribution in [-0.2, 0) is 11.2 Å². The van der Waals surface area contributed by atoms with Crippen LogP contribution in [0.2, 0.25) is 0 Å². The highest BCUT2D eigenvalue weighted by Crippen LogP contribution is 2.08. The largest absolute Gasteiger partial charge is 0.353 e. The maximum Gasteiger partial charge on any atom is 0.225 e. The van der Waals surface area contributed by atoms with Crippen LogP contribution >= 0.6 is 12.4 Å². The minimum Gasteiger partial charge on any atom is -0.353 e. The number of carbonyl (C=O) groups is 1. The number of nitrogens with one attached hydrogen (secondary N) is 2. The molecule has 1 atom stereocenters. The zero-order valence-corrected chi connectivity index (χ0v) is 11.5. The van der Waals surface area contributed by atoms with Crippen LogP contribution in [0.5, 0.6) is 0 Å². The van der Waals surface area contributed by atoms with Crippen molar-refractivity contribution in [1.82, 2.24) is 10.6 Å². The lowest BCUT2D eigenvalue weighted by Gasteiger charge is -2.28. The van der Waals surface area contributed by atoms with Gasteiger partial charge in [0.25, 0.3) is 0 Å². The van der Waals surface area contributed by atoms with Gasteiger partial charge in [-0.25, -0.2) is 0 Å². The molecule has 2 rings (SSSR count). The van der Waals surface area contributed by atoms with E-state index in [9.17, 15) is 4.79 Å². The van der Waals surface area contributed by atoms with Crippen molar-refractivity contribution < 1.29 is 4.79 Å². The van der Waals surface area contributed by atoms with Gasteiger partial charge in [-0.3, -0.25) is 4.79 Å². The van der Waals surface area contributed by atoms with Crippen LogP contribution in [0.15, 0.2) is 30.3 Å². The molecule has 0 aromatic heterocycles. The standard InChI is InChI=1S/C14H20N2O.ClH/c1-2-13(8-11-6-4-3-5-7-11)16-14(17)12-9-15-10-12;/h3-7,12-13,15H,2,8-10H2,1H3,(H,16,17);1H. The second-order valence-electron chi connectivity index (χ2n) is 4.66. The van der Waals surface area contributed by atoms with Crippen LogP contribution in [0.4, 0.5) is 0 Å². The normalized spacial score (nSPS) is 16.3. The van der Waals surface area contributed by atoms with Gasteiger partial charge in [0.05, 0.1) is 5.92 Å². The first-order chi connectivity index (χ1) is 8.29. The fourth-order valence-corrected chi connectivity index (χ4v) is 1.99. The van der Waals surface area contributed by atoms with Crippen LogP contribution < -0.4 is 10.6 Å². The molecular formula is C14H21ClN2O. The average molecular weight is 269 g/mol. The Labute approximate surface area is 115 Å². The number of benzene rings is 1. The minimum atomic E-state index is 0. The van der Waals surface area contributed by atoms with Gasteiger partial charge in [-0.2, -0.15) is 0 Å². The first-order valence-corrected chi connectivity index (χ1v) is 6.34. The molecule has 4 heteroatoms. The first kappa shape index (κ1) is 15.0. The number of hydrogen-bond acceptors (Lipinski definition) is 2. The topological polar surface area (TPSA) is 41.1 Å². The van der Waals surface area contributed by atoms with Crippen molar-refractivity contribution in [1.29, 1.82) is 0 Å². The average Bonchev–Trinajstić information content (AvgIpc) is 2.27. The smallest absolute Gasteiger partial charge is 0.225 e. The molecule has 0 aliphatic carbocycles. The number of rotatable bonds is 5. The van der Waals surface area contributed by atoms with Crippen molar-refractivity contribution in [3.05, 3.63) is 35.9 Å². The van der Waals surface area contributed by atoms with Gasteiger partial charge in [-0.05, 0) is 18.4 Å². The van der Waals surface area contributed by atoms with E-state index in [4.69, 9.17) is 0 Å². The summed E-state index contributed by atoms with van der Waals surface area (Å²) in [6, 6.07) is 10.6. The van der Waals surface area contributed by atoms with E-state index in [2.05, 4.69) is 29.7 Å². The SMILES string of the molecule is CCC(Cc1ccccc1)NC(=O)C1CNC1.Cl. The van der Waals surface area contributed by atoms with E-state index >= 15 is 0 Å². The molecule has 1 aliphatic heterocycles. The van der Waals surface area contributed by atoms with Gasteiger partial charge >= 0.3 is 0 Å². The fraction of sp³-hybridized carbons (Fsp3) is 0.500. The lowest BCUT2D eigenvalue weighted by atomic mass is 9.99. The third kappa shape index (κ3) is 4.00. The lowest BCUT2D eigenvalue weighted by Crippen LogP contribution is -2.53. The fourth-order valence-electron chi connectivity index (χ4n) is 1.99. The predicted octanol–water partition coefficient (Wildman–Crippen LogP) is 1.77. The van der Waals surface area contributed by atoms with E-state index in [1.807, 2.05) is 18.2 Å². The van der Waals surface area contributed by atoms with Gasteiger partial charge in [0, 0.05) is 19.1 Å². The summed E-state index contributed by atoms with van der Waals surface area (Å²) in [5, 5.41) is 6.26. The quantitative estimate of drug-likeness (QED) is 0.855. The molecule has 1 aromatic carbocycles. The van der Waals surface area contributed by atoms with E-state index in [-0.39, 0.29) is 30.3 Å². The summed E-state index contributed by atoms with van der Waals surface area (Å²) < 4.78 is 0. The zero-order chi connectivity index (χ0) is 12.1. The molecule has 0 saturated carbocycles. The monoisotopic (exact) mass is 268 g/mol. The Morgan fingerprint density at radius 1 is 1.39 bits per heavy atom. The molecule has 1 aliphatic rings. The maximum atomic E-state index is 11.8. The number of carbonyl (C=O) groups excluding carboxylic acids is 1. The minimum absolute atomic E-state index is 0. The first-order valence-electron chi connectivity index (χ1n) is 6.34. The van der Waals surface area contributed by atoms with Crippen LogP contribution in [0, 0.1) is 5.92 Å². The van der Waals surface area contributed by atoms with Crippen LogP contribution in [0.25, 0.3) is 0 Å². The van der Waals surface area contributed by atoms with E-state index in [1.54, 1.807) is 0 Å². The van der Waals surface area contributed by atoms with Crippen molar-refractivity contribution in [3.8, 4) is 0 Å². The van der Waals surface area contributed by atoms with Gasteiger partial charge < -0.3 is 10.6 Å². The third-order valence-corrected chi connectivity index (χ3v) is 3.32. The molecular weight excluding hydrogens is 248 g/mol. The van der Waals surface area contributed by atoms with Crippen molar-refractivity contribution in [2.24, 2.45) is 5.92 Å². The van der Waals surface area contributed by atoms with Crippen molar-refractivity contribution in [2.75, 3.05) is 13.1 Å². The molecule has 0 radical (unpaired) electrons. The highest BCUT2D eigenvalue weighted by Gasteiger charge is 2.26. The van der Waals surface area contributed by atoms with Crippen molar-refractivity contribution in [2.45, 2.75) is 25.8 Å². The van der Waals surface area contributed by atoms with Crippen LogP contribution in [0.1, 0.15) is 18.9 Å². The number of amides is 1. The highest BCUT2D eigenvalue weighted by molar-refractivity contribution is 5.85. The van der Waals surface area contributed by atoms with E-state index in [0.29, 0.717) is 0 Å². The molecule has 1 aromatic rings. The molecule has 2 N–H and O–H groups in total. The Hall–Kier alpha value is -1.06. The van der Waals surface area contributed by atoms with Gasteiger partial charge in [-0.15, -0.1) is 12.4 Å². The second-order valence-corrected chi connectivity index (χ2v) is 4.66. The summed E-state index contributed by atoms with van der Waals surface area (Å²) in [5.41, 5.74) is 1.28. The van der Waals surface area contributed by atoms with E-state index < -0.39 is 0 Å². The maximum absolute atomic E-state index is 11.8. The molecule has 1 fully saturated rings. The summed E-state index contributed by atoms with van der Waals surface area (Å²) in [5.74, 6) is 0.381. The van der Waals surface area contributed by atoms with Gasteiger partial charge in [0.2, 0.25) is 5.91 Å². The van der Waals surface area contributed by atoms with Gasteiger partial charge in [0.15, 0.2) is 0 Å². The Morgan fingerprint density at radius 2 is 2.06 bits per heavy atom. The summed E-state index contributed by atoms with van der Waals surface area (Å²) in [6.45, 7) is 3.77. The number of halogens is 1. The van der Waals surface area contributed by atoms with Crippen LogP contribution in [-0.4, -0.2) is 25.0 Å².